The van der Waals surface area contributed by atoms with E-state index < -0.39 is 28.7 Å². The number of nitrogens with one attached hydrogen (secondary N) is 1. The minimum Gasteiger partial charge on any atom is -0.771 e. The Hall–Kier alpha value is -0.620. The molecule has 0 aromatic carbocycles. The lowest BCUT2D eigenvalue weighted by Gasteiger charge is -2.19. The molecule has 0 aromatic rings. The number of carbonyl (C=O) groups is 1. The van der Waals surface area contributed by atoms with Gasteiger partial charge < -0.3 is 14.6 Å². The molecule has 72 valence electrons. The summed E-state index contributed by atoms with van der Waals surface area (Å²) in [5.74, 6) is -0.422. The highest BCUT2D eigenvalue weighted by Crippen LogP contribution is 2.05. The first-order chi connectivity index (χ1) is 5.31. The molecule has 6 heteroatoms. The number of amides is 1. The van der Waals surface area contributed by atoms with Crippen LogP contribution >= 0.6 is 0 Å². The number of carbonyl (C=O) groups excluding carboxylic acids is 1. The molecule has 0 bridgehead atoms. The maximum atomic E-state index is 10.8. The van der Waals surface area contributed by atoms with Crippen LogP contribution in [-0.4, -0.2) is 26.3 Å². The van der Waals surface area contributed by atoms with Gasteiger partial charge in [0, 0.05) is 0 Å². The van der Waals surface area contributed by atoms with Crippen LogP contribution in [0.1, 0.15) is 20.8 Å². The van der Waals surface area contributed by atoms with E-state index in [2.05, 4.69) is 5.32 Å². The lowest BCUT2D eigenvalue weighted by Crippen LogP contribution is -2.34. The highest BCUT2D eigenvalue weighted by atomic mass is 32.2. The molecule has 12 heavy (non-hydrogen) atoms. The first-order valence-electron chi connectivity index (χ1n) is 3.34. The van der Waals surface area contributed by atoms with E-state index in [1.54, 1.807) is 20.8 Å². The van der Waals surface area contributed by atoms with E-state index >= 15 is 0 Å². The summed E-state index contributed by atoms with van der Waals surface area (Å²) in [6, 6.07) is 0. The summed E-state index contributed by atoms with van der Waals surface area (Å²) in [6.07, 6.45) is -0.730. The van der Waals surface area contributed by atoms with Gasteiger partial charge >= 0.3 is 6.09 Å². The quantitative estimate of drug-likeness (QED) is 0.643. The van der Waals surface area contributed by atoms with Gasteiger partial charge in [0.2, 0.25) is 0 Å². The molecule has 0 fully saturated rings. The highest BCUT2D eigenvalue weighted by Gasteiger charge is 2.15. The van der Waals surface area contributed by atoms with Crippen LogP contribution < -0.4 is 5.32 Å². The first-order valence-corrected chi connectivity index (χ1v) is 4.58. The van der Waals surface area contributed by atoms with Crippen LogP contribution in [0.4, 0.5) is 4.79 Å². The second-order valence-corrected chi connectivity index (χ2v) is 4.02. The summed E-state index contributed by atoms with van der Waals surface area (Å²) in [4.78, 5) is 10.8. The zero-order valence-corrected chi connectivity index (χ0v) is 8.06. The number of rotatable bonds is 2. The third-order valence-electron chi connectivity index (χ3n) is 0.733. The summed E-state index contributed by atoms with van der Waals surface area (Å²) in [5, 5.41) is 2.06. The van der Waals surface area contributed by atoms with Crippen LogP contribution in [0.15, 0.2) is 0 Å². The molecule has 1 amide bonds. The number of ether oxygens (including phenoxy) is 1. The van der Waals surface area contributed by atoms with Crippen LogP contribution in [0, 0.1) is 0 Å². The van der Waals surface area contributed by atoms with Crippen molar-refractivity contribution in [2.24, 2.45) is 0 Å². The molecule has 0 rings (SSSR count). The van der Waals surface area contributed by atoms with Crippen LogP contribution in [0.3, 0.4) is 0 Å². The Balaban J connectivity index is 3.68. The molecule has 0 saturated heterocycles. The maximum absolute atomic E-state index is 10.8. The predicted octanol–water partition coefficient (Wildman–Crippen LogP) is 0.348. The average Bonchev–Trinajstić information content (AvgIpc) is 1.79. The molecule has 0 aromatic heterocycles. The molecule has 1 unspecified atom stereocenters. The fourth-order valence-electron chi connectivity index (χ4n) is 0.432. The van der Waals surface area contributed by atoms with Gasteiger partial charge in [0.05, 0.1) is 5.88 Å². The minimum absolute atomic E-state index is 0.422. The van der Waals surface area contributed by atoms with Gasteiger partial charge in [-0.25, -0.2) is 4.79 Å². The van der Waals surface area contributed by atoms with E-state index in [-0.39, 0.29) is 0 Å². The third kappa shape index (κ3) is 7.49. The zero-order valence-electron chi connectivity index (χ0n) is 7.25. The Labute approximate surface area is 73.8 Å². The summed E-state index contributed by atoms with van der Waals surface area (Å²) in [5.41, 5.74) is -0.603. The average molecular weight is 194 g/mol. The summed E-state index contributed by atoms with van der Waals surface area (Å²) >= 11 is -2.28. The monoisotopic (exact) mass is 194 g/mol. The lowest BCUT2D eigenvalue weighted by molar-refractivity contribution is 0.0536. The standard InChI is InChI=1S/C6H13NO4S/c1-6(2,3)11-5(8)7-4-12(9)10/h4H2,1-3H3,(H,7,8)(H,9,10)/p-1. The maximum Gasteiger partial charge on any atom is 0.408 e. The molecule has 0 aliphatic rings. The van der Waals surface area contributed by atoms with Crippen molar-refractivity contribution in [3.63, 3.8) is 0 Å². The van der Waals surface area contributed by atoms with Gasteiger partial charge in [-0.05, 0) is 31.9 Å². The van der Waals surface area contributed by atoms with Crippen molar-refractivity contribution in [2.75, 3.05) is 5.88 Å². The van der Waals surface area contributed by atoms with E-state index in [0.717, 1.165) is 0 Å². The normalized spacial score (nSPS) is 13.7. The van der Waals surface area contributed by atoms with Crippen LogP contribution in [0.25, 0.3) is 0 Å². The van der Waals surface area contributed by atoms with Crippen molar-refractivity contribution >= 4 is 17.2 Å². The van der Waals surface area contributed by atoms with Crippen molar-refractivity contribution in [2.45, 2.75) is 26.4 Å². The van der Waals surface area contributed by atoms with E-state index in [0.29, 0.717) is 0 Å². The molecule has 0 saturated carbocycles. The van der Waals surface area contributed by atoms with Crippen LogP contribution in [0.5, 0.6) is 0 Å². The fraction of sp³-hybridized carbons (Fsp3) is 0.833. The highest BCUT2D eigenvalue weighted by molar-refractivity contribution is 7.79. The van der Waals surface area contributed by atoms with Gasteiger partial charge in [-0.1, -0.05) is 0 Å². The Morgan fingerprint density at radius 3 is 2.42 bits per heavy atom. The smallest absolute Gasteiger partial charge is 0.408 e. The third-order valence-corrected chi connectivity index (χ3v) is 1.11. The topological polar surface area (TPSA) is 78.5 Å². The molecule has 0 aliphatic carbocycles. The van der Waals surface area contributed by atoms with Crippen molar-refractivity contribution in [1.82, 2.24) is 5.32 Å². The van der Waals surface area contributed by atoms with Gasteiger partial charge in [-0.3, -0.25) is 4.21 Å². The van der Waals surface area contributed by atoms with Crippen molar-refractivity contribution in [3.05, 3.63) is 0 Å². The Bertz CT molecular complexity index is 186. The van der Waals surface area contributed by atoms with E-state index in [1.165, 1.54) is 0 Å². The molecule has 5 nitrogen and oxygen atoms in total. The van der Waals surface area contributed by atoms with Gasteiger partial charge in [0.25, 0.3) is 0 Å². The number of hydrogen-bond donors (Lipinski definition) is 1. The lowest BCUT2D eigenvalue weighted by atomic mass is 10.2. The zero-order chi connectivity index (χ0) is 9.78. The van der Waals surface area contributed by atoms with Gasteiger partial charge in [-0.2, -0.15) is 0 Å². The van der Waals surface area contributed by atoms with E-state index in [9.17, 15) is 13.6 Å². The van der Waals surface area contributed by atoms with Gasteiger partial charge in [-0.15, -0.1) is 0 Å². The summed E-state index contributed by atoms with van der Waals surface area (Å²) in [6.45, 7) is 5.09. The predicted molar refractivity (Wildman–Crippen MR) is 43.2 cm³/mol. The molecule has 0 aliphatic heterocycles. The summed E-state index contributed by atoms with van der Waals surface area (Å²) in [7, 11) is 0. The molecular formula is C6H12NO4S-. The molecular weight excluding hydrogens is 182 g/mol. The second kappa shape index (κ2) is 4.42. The Morgan fingerprint density at radius 2 is 2.08 bits per heavy atom. The van der Waals surface area contributed by atoms with Crippen LogP contribution in [-0.2, 0) is 15.8 Å². The molecule has 0 heterocycles. The van der Waals surface area contributed by atoms with Gasteiger partial charge in [0.1, 0.15) is 5.60 Å². The van der Waals surface area contributed by atoms with Crippen LogP contribution in [0.2, 0.25) is 0 Å². The second-order valence-electron chi connectivity index (χ2n) is 3.13. The molecule has 0 spiro atoms. The molecule has 1 atom stereocenters. The molecule has 0 radical (unpaired) electrons. The first kappa shape index (κ1) is 11.4. The largest absolute Gasteiger partial charge is 0.771 e. The summed E-state index contributed by atoms with van der Waals surface area (Å²) < 4.78 is 24.8. The van der Waals surface area contributed by atoms with Crippen molar-refractivity contribution in [1.29, 1.82) is 0 Å². The Kier molecular flexibility index (Phi) is 4.19. The minimum atomic E-state index is -2.28. The van der Waals surface area contributed by atoms with Gasteiger partial charge in [0.15, 0.2) is 0 Å². The molecule has 1 N–H and O–H groups in total. The fourth-order valence-corrected chi connectivity index (χ4v) is 0.668. The van der Waals surface area contributed by atoms with E-state index in [4.69, 9.17) is 4.74 Å². The van der Waals surface area contributed by atoms with Crippen molar-refractivity contribution < 1.29 is 18.3 Å². The SMILES string of the molecule is CC(C)(C)OC(=O)NCS(=O)[O-]. The van der Waals surface area contributed by atoms with Crippen molar-refractivity contribution in [3.8, 4) is 0 Å². The van der Waals surface area contributed by atoms with E-state index in [1.807, 2.05) is 0 Å². The Morgan fingerprint density at radius 1 is 1.58 bits per heavy atom. The number of hydrogen-bond acceptors (Lipinski definition) is 4. The number of alkyl carbamates (subject to hydrolysis) is 1.